The maximum Gasteiger partial charge on any atom is 0.231 e. The molecule has 0 saturated heterocycles. The van der Waals surface area contributed by atoms with Gasteiger partial charge in [0.05, 0.1) is 17.5 Å². The van der Waals surface area contributed by atoms with Crippen LogP contribution in [0.1, 0.15) is 56.0 Å². The van der Waals surface area contributed by atoms with E-state index in [4.69, 9.17) is 14.4 Å². The summed E-state index contributed by atoms with van der Waals surface area (Å²) in [4.78, 5) is 20.8. The number of hydrogen-bond acceptors (Lipinski definition) is 7. The SMILES string of the molecule is [2H]C([2H])([2H])C(C)n1nc(-c2ccc(CC(=O)Nc3cc(C(C)(C)C)no3)cc2)c2c(N)ncnc21. The van der Waals surface area contributed by atoms with Crippen LogP contribution in [0, 0.1) is 0 Å². The second-order valence-electron chi connectivity index (χ2n) is 8.67. The molecule has 0 bridgehead atoms. The van der Waals surface area contributed by atoms with Crippen LogP contribution < -0.4 is 11.1 Å². The first-order valence-corrected chi connectivity index (χ1v) is 10.2. The van der Waals surface area contributed by atoms with Gasteiger partial charge in [-0.1, -0.05) is 50.2 Å². The minimum absolute atomic E-state index is 0.127. The summed E-state index contributed by atoms with van der Waals surface area (Å²) in [6.45, 7) is 5.31. The molecule has 0 saturated carbocycles. The number of aromatic nitrogens is 5. The standard InChI is InChI=1S/C23H27N7O2/c1-13(2)30-22-19(21(24)25-12-26-22)20(28-30)15-8-6-14(7-9-15)10-17(31)27-18-11-16(29-32-18)23(3,4)5/h6-9,11-13H,10H2,1-5H3,(H,27,31)(H2,24,25,26)/i1D3. The molecule has 3 heterocycles. The first kappa shape index (κ1) is 17.9. The number of nitrogen functional groups attached to an aromatic ring is 1. The summed E-state index contributed by atoms with van der Waals surface area (Å²) < 4.78 is 29.9. The fraction of sp³-hybridized carbons (Fsp3) is 0.348. The maximum atomic E-state index is 12.5. The molecular weight excluding hydrogens is 406 g/mol. The van der Waals surface area contributed by atoms with Crippen molar-refractivity contribution in [1.29, 1.82) is 0 Å². The fourth-order valence-corrected chi connectivity index (χ4v) is 3.30. The number of amides is 1. The second-order valence-corrected chi connectivity index (χ2v) is 8.67. The number of carbonyl (C=O) groups excluding carboxylic acids is 1. The van der Waals surface area contributed by atoms with E-state index in [0.717, 1.165) is 11.3 Å². The van der Waals surface area contributed by atoms with Gasteiger partial charge in [0.15, 0.2) is 5.65 Å². The van der Waals surface area contributed by atoms with Crippen LogP contribution in [0.5, 0.6) is 0 Å². The van der Waals surface area contributed by atoms with Crippen molar-refractivity contribution in [2.24, 2.45) is 0 Å². The van der Waals surface area contributed by atoms with E-state index < -0.39 is 12.9 Å². The van der Waals surface area contributed by atoms with Crippen molar-refractivity contribution in [2.75, 3.05) is 11.1 Å². The lowest BCUT2D eigenvalue weighted by atomic mass is 9.92. The van der Waals surface area contributed by atoms with Gasteiger partial charge in [-0.25, -0.2) is 14.6 Å². The van der Waals surface area contributed by atoms with E-state index in [1.54, 1.807) is 37.3 Å². The van der Waals surface area contributed by atoms with Gasteiger partial charge < -0.3 is 10.3 Å². The molecule has 1 aromatic carbocycles. The number of nitrogens with two attached hydrogens (primary N) is 1. The van der Waals surface area contributed by atoms with Crippen molar-refractivity contribution >= 4 is 28.6 Å². The molecule has 1 amide bonds. The average molecular weight is 437 g/mol. The molecule has 0 aliphatic heterocycles. The zero-order valence-electron chi connectivity index (χ0n) is 21.4. The number of carbonyl (C=O) groups is 1. The van der Waals surface area contributed by atoms with Crippen LogP contribution in [0.4, 0.5) is 11.7 Å². The highest BCUT2D eigenvalue weighted by Crippen LogP contribution is 2.31. The zero-order chi connectivity index (χ0) is 25.5. The zero-order valence-corrected chi connectivity index (χ0v) is 18.4. The van der Waals surface area contributed by atoms with Gasteiger partial charge in [0.25, 0.3) is 0 Å². The molecule has 0 radical (unpaired) electrons. The molecule has 0 aliphatic carbocycles. The van der Waals surface area contributed by atoms with Gasteiger partial charge >= 0.3 is 0 Å². The van der Waals surface area contributed by atoms with Crippen molar-refractivity contribution in [3.63, 3.8) is 0 Å². The largest absolute Gasteiger partial charge is 0.383 e. The van der Waals surface area contributed by atoms with E-state index in [1.807, 2.05) is 20.8 Å². The smallest absolute Gasteiger partial charge is 0.231 e. The molecule has 166 valence electrons. The normalized spacial score (nSPS) is 14.6. The summed E-state index contributed by atoms with van der Waals surface area (Å²) in [5.74, 6) is 0.264. The minimum atomic E-state index is -2.27. The van der Waals surface area contributed by atoms with Crippen molar-refractivity contribution in [3.8, 4) is 11.3 Å². The van der Waals surface area contributed by atoms with Crippen molar-refractivity contribution < 1.29 is 13.4 Å². The third kappa shape index (κ3) is 4.18. The number of benzene rings is 1. The van der Waals surface area contributed by atoms with E-state index in [1.165, 1.54) is 11.0 Å². The van der Waals surface area contributed by atoms with E-state index in [0.29, 0.717) is 28.2 Å². The maximum absolute atomic E-state index is 12.5. The topological polar surface area (TPSA) is 125 Å². The number of rotatable bonds is 5. The fourth-order valence-electron chi connectivity index (χ4n) is 3.30. The highest BCUT2D eigenvalue weighted by molar-refractivity contribution is 5.98. The third-order valence-corrected chi connectivity index (χ3v) is 5.02. The molecule has 3 N–H and O–H groups in total. The Morgan fingerprint density at radius 2 is 2.03 bits per heavy atom. The van der Waals surface area contributed by atoms with E-state index >= 15 is 0 Å². The predicted octanol–water partition coefficient (Wildman–Crippen LogP) is 4.12. The number of hydrogen-bond donors (Lipinski definition) is 2. The quantitative estimate of drug-likeness (QED) is 0.482. The Balaban J connectivity index is 1.56. The van der Waals surface area contributed by atoms with Crippen molar-refractivity contribution in [2.45, 2.75) is 52.4 Å². The monoisotopic (exact) mass is 436 g/mol. The van der Waals surface area contributed by atoms with Gasteiger partial charge in [0, 0.05) is 27.2 Å². The van der Waals surface area contributed by atoms with Gasteiger partial charge in [-0.05, 0) is 19.3 Å². The number of nitrogens with one attached hydrogen (secondary N) is 1. The first-order chi connectivity index (χ1) is 16.3. The molecule has 4 aromatic rings. The summed E-state index contributed by atoms with van der Waals surface area (Å²) in [6, 6.07) is 8.00. The summed E-state index contributed by atoms with van der Waals surface area (Å²) in [6.07, 6.45) is 1.41. The lowest BCUT2D eigenvalue weighted by molar-refractivity contribution is -0.115. The van der Waals surface area contributed by atoms with Crippen LogP contribution >= 0.6 is 0 Å². The van der Waals surface area contributed by atoms with E-state index in [-0.39, 0.29) is 23.6 Å². The summed E-state index contributed by atoms with van der Waals surface area (Å²) in [5, 5.41) is 11.7. The number of nitrogens with zero attached hydrogens (tertiary/aromatic N) is 5. The van der Waals surface area contributed by atoms with Gasteiger partial charge in [-0.2, -0.15) is 5.10 Å². The van der Waals surface area contributed by atoms with Crippen molar-refractivity contribution in [1.82, 2.24) is 24.9 Å². The molecule has 1 unspecified atom stereocenters. The summed E-state index contributed by atoms with van der Waals surface area (Å²) in [5.41, 5.74) is 8.95. The van der Waals surface area contributed by atoms with Gasteiger partial charge in [-0.3, -0.25) is 10.1 Å². The molecule has 32 heavy (non-hydrogen) atoms. The molecule has 1 atom stereocenters. The third-order valence-electron chi connectivity index (χ3n) is 5.02. The Labute approximate surface area is 190 Å². The van der Waals surface area contributed by atoms with Crippen LogP contribution in [-0.2, 0) is 16.6 Å². The highest BCUT2D eigenvalue weighted by Gasteiger charge is 2.20. The Kier molecular flexibility index (Phi) is 4.51. The van der Waals surface area contributed by atoms with Crippen LogP contribution in [0.25, 0.3) is 22.3 Å². The molecule has 3 aromatic heterocycles. The Hall–Kier alpha value is -3.75. The van der Waals surface area contributed by atoms with Crippen LogP contribution in [0.15, 0.2) is 41.2 Å². The molecular formula is C23H27N7O2. The first-order valence-electron chi connectivity index (χ1n) is 11.7. The summed E-state index contributed by atoms with van der Waals surface area (Å²) in [7, 11) is 0. The summed E-state index contributed by atoms with van der Waals surface area (Å²) >= 11 is 0. The predicted molar refractivity (Wildman–Crippen MR) is 123 cm³/mol. The molecule has 0 fully saturated rings. The lowest BCUT2D eigenvalue weighted by Gasteiger charge is -2.12. The van der Waals surface area contributed by atoms with Crippen LogP contribution in [0.2, 0.25) is 0 Å². The Bertz CT molecular complexity index is 1370. The Morgan fingerprint density at radius 1 is 1.28 bits per heavy atom. The lowest BCUT2D eigenvalue weighted by Crippen LogP contribution is -2.14. The molecule has 4 rings (SSSR count). The van der Waals surface area contributed by atoms with E-state index in [9.17, 15) is 4.79 Å². The van der Waals surface area contributed by atoms with Crippen LogP contribution in [0.3, 0.4) is 0 Å². The highest BCUT2D eigenvalue weighted by atomic mass is 16.5. The average Bonchev–Trinajstić information content (AvgIpc) is 3.39. The second kappa shape index (κ2) is 8.07. The van der Waals surface area contributed by atoms with Gasteiger partial charge in [0.2, 0.25) is 11.8 Å². The van der Waals surface area contributed by atoms with Crippen molar-refractivity contribution in [3.05, 3.63) is 47.9 Å². The number of anilines is 2. The minimum Gasteiger partial charge on any atom is -0.383 e. The Morgan fingerprint density at radius 3 is 2.69 bits per heavy atom. The molecule has 9 heteroatoms. The van der Waals surface area contributed by atoms with Crippen LogP contribution in [-0.4, -0.2) is 30.8 Å². The number of fused-ring (bicyclic) bond motifs is 1. The van der Waals surface area contributed by atoms with E-state index in [2.05, 4.69) is 25.5 Å². The molecule has 0 aliphatic rings. The molecule has 0 spiro atoms. The van der Waals surface area contributed by atoms with Gasteiger partial charge in [-0.15, -0.1) is 0 Å². The molecule has 9 nitrogen and oxygen atoms in total. The van der Waals surface area contributed by atoms with Gasteiger partial charge in [0.1, 0.15) is 17.8 Å².